The molecule has 0 aromatic heterocycles. The normalized spacial score (nSPS) is 49.6. The van der Waals surface area contributed by atoms with Crippen LogP contribution in [0.15, 0.2) is 0 Å². The van der Waals surface area contributed by atoms with Crippen LogP contribution >= 0.6 is 0 Å². The zero-order valence-electron chi connectivity index (χ0n) is 7.90. The minimum Gasteiger partial charge on any atom is -0.0649 e. The average Bonchev–Trinajstić information content (AvgIpc) is 2.02. The maximum atomic E-state index is 2.50. The second-order valence-corrected chi connectivity index (χ2v) is 4.86. The molecule has 0 saturated heterocycles. The fourth-order valence-electron chi connectivity index (χ4n) is 3.37. The third-order valence-corrected chi connectivity index (χ3v) is 4.34. The highest BCUT2D eigenvalue weighted by Gasteiger charge is 2.49. The van der Waals surface area contributed by atoms with Crippen LogP contribution in [-0.4, -0.2) is 0 Å². The molecule has 0 heteroatoms. The van der Waals surface area contributed by atoms with Gasteiger partial charge in [0.05, 0.1) is 0 Å². The molecule has 0 bridgehead atoms. The van der Waals surface area contributed by atoms with Gasteiger partial charge in [0.25, 0.3) is 0 Å². The van der Waals surface area contributed by atoms with Gasteiger partial charge in [-0.15, -0.1) is 0 Å². The van der Waals surface area contributed by atoms with Crippen LogP contribution in [0.4, 0.5) is 0 Å². The predicted octanol–water partition coefficient (Wildman–Crippen LogP) is 3.61. The van der Waals surface area contributed by atoms with Crippen LogP contribution in [0, 0.1) is 17.3 Å². The molecule has 0 nitrogen and oxygen atoms in total. The molecule has 2 saturated carbocycles. The van der Waals surface area contributed by atoms with Crippen molar-refractivity contribution in [1.82, 2.24) is 0 Å². The molecular formula is C11H20. The van der Waals surface area contributed by atoms with Crippen LogP contribution in [0.2, 0.25) is 0 Å². The molecule has 0 aliphatic heterocycles. The minimum atomic E-state index is 0.755. The molecule has 3 unspecified atom stereocenters. The lowest BCUT2D eigenvalue weighted by Gasteiger charge is -2.56. The SMILES string of the molecule is CCC1(C)CC2CCCCC21. The summed E-state index contributed by atoms with van der Waals surface area (Å²) in [6, 6.07) is 0. The van der Waals surface area contributed by atoms with E-state index in [-0.39, 0.29) is 0 Å². The van der Waals surface area contributed by atoms with Gasteiger partial charge in [0.15, 0.2) is 0 Å². The van der Waals surface area contributed by atoms with Crippen LogP contribution in [0.25, 0.3) is 0 Å². The lowest BCUT2D eigenvalue weighted by atomic mass is 9.49. The molecular weight excluding hydrogens is 132 g/mol. The quantitative estimate of drug-likeness (QED) is 0.538. The molecule has 11 heavy (non-hydrogen) atoms. The summed E-state index contributed by atoms with van der Waals surface area (Å²) in [5.41, 5.74) is 0.755. The molecule has 2 rings (SSSR count). The van der Waals surface area contributed by atoms with Crippen molar-refractivity contribution >= 4 is 0 Å². The van der Waals surface area contributed by atoms with Crippen molar-refractivity contribution in [3.8, 4) is 0 Å². The zero-order valence-corrected chi connectivity index (χ0v) is 7.90. The third-order valence-electron chi connectivity index (χ3n) is 4.34. The Hall–Kier alpha value is 0. The molecule has 0 amide bonds. The Morgan fingerprint density at radius 2 is 2.00 bits per heavy atom. The van der Waals surface area contributed by atoms with Crippen LogP contribution in [-0.2, 0) is 0 Å². The summed E-state index contributed by atoms with van der Waals surface area (Å²) in [6.45, 7) is 4.87. The van der Waals surface area contributed by atoms with Crippen molar-refractivity contribution in [3.05, 3.63) is 0 Å². The topological polar surface area (TPSA) is 0 Å². The molecule has 3 atom stereocenters. The van der Waals surface area contributed by atoms with Crippen molar-refractivity contribution in [2.45, 2.75) is 52.4 Å². The smallest absolute Gasteiger partial charge is 0.0295 e. The maximum absolute atomic E-state index is 2.50. The van der Waals surface area contributed by atoms with Crippen molar-refractivity contribution < 1.29 is 0 Å². The van der Waals surface area contributed by atoms with E-state index in [1.165, 1.54) is 32.1 Å². The second kappa shape index (κ2) is 2.50. The highest BCUT2D eigenvalue weighted by atomic mass is 14.5. The molecule has 0 spiro atoms. The summed E-state index contributed by atoms with van der Waals surface area (Å²) in [4.78, 5) is 0. The first-order chi connectivity index (χ1) is 5.26. The summed E-state index contributed by atoms with van der Waals surface area (Å²) < 4.78 is 0. The average molecular weight is 152 g/mol. The highest BCUT2D eigenvalue weighted by molar-refractivity contribution is 4.99. The van der Waals surface area contributed by atoms with Crippen molar-refractivity contribution in [1.29, 1.82) is 0 Å². The van der Waals surface area contributed by atoms with Crippen LogP contribution in [0.3, 0.4) is 0 Å². The molecule has 2 aliphatic carbocycles. The molecule has 0 aromatic carbocycles. The minimum absolute atomic E-state index is 0.755. The maximum Gasteiger partial charge on any atom is -0.0295 e. The first-order valence-electron chi connectivity index (χ1n) is 5.26. The van der Waals surface area contributed by atoms with E-state index in [2.05, 4.69) is 13.8 Å². The lowest BCUT2D eigenvalue weighted by molar-refractivity contribution is -0.0589. The van der Waals surface area contributed by atoms with E-state index in [4.69, 9.17) is 0 Å². The first-order valence-corrected chi connectivity index (χ1v) is 5.26. The summed E-state index contributed by atoms with van der Waals surface area (Å²) in [7, 11) is 0. The molecule has 0 heterocycles. The van der Waals surface area contributed by atoms with Gasteiger partial charge in [-0.3, -0.25) is 0 Å². The van der Waals surface area contributed by atoms with E-state index in [9.17, 15) is 0 Å². The summed E-state index contributed by atoms with van der Waals surface area (Å²) >= 11 is 0. The van der Waals surface area contributed by atoms with Gasteiger partial charge in [0, 0.05) is 0 Å². The van der Waals surface area contributed by atoms with Gasteiger partial charge in [-0.1, -0.05) is 39.5 Å². The summed E-state index contributed by atoms with van der Waals surface area (Å²) in [6.07, 6.45) is 9.05. The van der Waals surface area contributed by atoms with Gasteiger partial charge in [0.2, 0.25) is 0 Å². The lowest BCUT2D eigenvalue weighted by Crippen LogP contribution is -2.46. The van der Waals surface area contributed by atoms with Crippen molar-refractivity contribution in [2.75, 3.05) is 0 Å². The van der Waals surface area contributed by atoms with Gasteiger partial charge in [-0.25, -0.2) is 0 Å². The van der Waals surface area contributed by atoms with Gasteiger partial charge in [-0.05, 0) is 30.1 Å². The largest absolute Gasteiger partial charge is 0.0649 e. The Balaban J connectivity index is 2.00. The van der Waals surface area contributed by atoms with E-state index in [0.717, 1.165) is 17.3 Å². The van der Waals surface area contributed by atoms with Crippen LogP contribution < -0.4 is 0 Å². The Kier molecular flexibility index (Phi) is 1.74. The van der Waals surface area contributed by atoms with E-state index in [1.54, 1.807) is 6.42 Å². The van der Waals surface area contributed by atoms with Gasteiger partial charge in [0.1, 0.15) is 0 Å². The molecule has 0 N–H and O–H groups in total. The van der Waals surface area contributed by atoms with Crippen LogP contribution in [0.1, 0.15) is 52.4 Å². The second-order valence-electron chi connectivity index (χ2n) is 4.86. The van der Waals surface area contributed by atoms with E-state index in [0.29, 0.717) is 0 Å². The summed E-state index contributed by atoms with van der Waals surface area (Å²) in [5, 5.41) is 0. The fraction of sp³-hybridized carbons (Fsp3) is 1.00. The zero-order chi connectivity index (χ0) is 7.90. The Bertz CT molecular complexity index is 150. The fourth-order valence-corrected chi connectivity index (χ4v) is 3.37. The van der Waals surface area contributed by atoms with E-state index in [1.807, 2.05) is 0 Å². The van der Waals surface area contributed by atoms with E-state index >= 15 is 0 Å². The van der Waals surface area contributed by atoms with Crippen LogP contribution in [0.5, 0.6) is 0 Å². The van der Waals surface area contributed by atoms with Gasteiger partial charge < -0.3 is 0 Å². The Labute approximate surface area is 70.4 Å². The monoisotopic (exact) mass is 152 g/mol. The number of hydrogen-bond acceptors (Lipinski definition) is 0. The molecule has 64 valence electrons. The Morgan fingerprint density at radius 1 is 1.27 bits per heavy atom. The first kappa shape index (κ1) is 7.64. The van der Waals surface area contributed by atoms with Crippen molar-refractivity contribution in [2.24, 2.45) is 17.3 Å². The molecule has 0 radical (unpaired) electrons. The molecule has 0 aromatic rings. The third kappa shape index (κ3) is 1.02. The molecule has 2 fully saturated rings. The number of rotatable bonds is 1. The standard InChI is InChI=1S/C11H20/c1-3-11(2)8-9-6-4-5-7-10(9)11/h9-10H,3-8H2,1-2H3. The summed E-state index contributed by atoms with van der Waals surface area (Å²) in [5.74, 6) is 2.25. The molecule has 2 aliphatic rings. The van der Waals surface area contributed by atoms with E-state index < -0.39 is 0 Å². The van der Waals surface area contributed by atoms with Gasteiger partial charge in [-0.2, -0.15) is 0 Å². The predicted molar refractivity (Wildman–Crippen MR) is 48.5 cm³/mol. The number of fused-ring (bicyclic) bond motifs is 1. The number of hydrogen-bond donors (Lipinski definition) is 0. The Morgan fingerprint density at radius 3 is 2.64 bits per heavy atom. The highest BCUT2D eigenvalue weighted by Crippen LogP contribution is 2.58. The van der Waals surface area contributed by atoms with Crippen molar-refractivity contribution in [3.63, 3.8) is 0 Å². The van der Waals surface area contributed by atoms with Gasteiger partial charge >= 0.3 is 0 Å².